The first-order valence-electron chi connectivity index (χ1n) is 7.94. The van der Waals surface area contributed by atoms with E-state index in [-0.39, 0.29) is 11.4 Å². The molecule has 1 saturated carbocycles. The Balaban J connectivity index is 1.69. The molecule has 0 unspecified atom stereocenters. The van der Waals surface area contributed by atoms with Crippen molar-refractivity contribution in [1.82, 2.24) is 9.78 Å². The fraction of sp³-hybridized carbons (Fsp3) is 0.158. The van der Waals surface area contributed by atoms with Crippen molar-refractivity contribution in [2.45, 2.75) is 18.8 Å². The fourth-order valence-electron chi connectivity index (χ4n) is 2.60. The van der Waals surface area contributed by atoms with Gasteiger partial charge in [0.25, 0.3) is 0 Å². The summed E-state index contributed by atoms with van der Waals surface area (Å²) in [6.07, 6.45) is 2.14. The standard InChI is InChI=1S/C19H14BrFN2O2/c20-13-8-9-18(15(21)10-13)25-19(24)17-11-16(12-6-7-12)22-23(17)14-4-2-1-3-5-14/h1-5,8-12H,6-7H2. The molecular formula is C19H14BrFN2O2. The summed E-state index contributed by atoms with van der Waals surface area (Å²) in [6, 6.07) is 15.4. The van der Waals surface area contributed by atoms with Gasteiger partial charge in [0, 0.05) is 10.4 Å². The van der Waals surface area contributed by atoms with Crippen LogP contribution in [0, 0.1) is 5.82 Å². The molecule has 126 valence electrons. The number of benzene rings is 2. The van der Waals surface area contributed by atoms with Crippen LogP contribution in [0.15, 0.2) is 59.1 Å². The molecule has 1 aliphatic carbocycles. The van der Waals surface area contributed by atoms with Crippen LogP contribution < -0.4 is 4.74 Å². The smallest absolute Gasteiger partial charge is 0.362 e. The Kier molecular flexibility index (Phi) is 4.13. The minimum atomic E-state index is -0.635. The summed E-state index contributed by atoms with van der Waals surface area (Å²) in [6.45, 7) is 0. The van der Waals surface area contributed by atoms with Crippen LogP contribution in [0.1, 0.15) is 34.9 Å². The molecule has 0 amide bonds. The fourth-order valence-corrected chi connectivity index (χ4v) is 2.93. The van der Waals surface area contributed by atoms with Gasteiger partial charge in [-0.25, -0.2) is 13.9 Å². The van der Waals surface area contributed by atoms with Gasteiger partial charge < -0.3 is 4.74 Å². The summed E-state index contributed by atoms with van der Waals surface area (Å²) in [5.41, 5.74) is 1.92. The monoisotopic (exact) mass is 400 g/mol. The molecule has 3 aromatic rings. The lowest BCUT2D eigenvalue weighted by Gasteiger charge is -2.08. The minimum Gasteiger partial charge on any atom is -0.419 e. The van der Waals surface area contributed by atoms with Crippen molar-refractivity contribution in [3.05, 3.63) is 76.3 Å². The number of para-hydroxylation sites is 1. The first-order valence-corrected chi connectivity index (χ1v) is 8.74. The molecule has 0 radical (unpaired) electrons. The Bertz CT molecular complexity index is 936. The molecule has 0 N–H and O–H groups in total. The zero-order valence-corrected chi connectivity index (χ0v) is 14.7. The van der Waals surface area contributed by atoms with Gasteiger partial charge in [-0.2, -0.15) is 5.10 Å². The predicted molar refractivity (Wildman–Crippen MR) is 94.6 cm³/mol. The first kappa shape index (κ1) is 16.0. The summed E-state index contributed by atoms with van der Waals surface area (Å²) in [5.74, 6) is -0.955. The number of nitrogens with zero attached hydrogens (tertiary/aromatic N) is 2. The van der Waals surface area contributed by atoms with Crippen LogP contribution >= 0.6 is 15.9 Å². The second-order valence-corrected chi connectivity index (χ2v) is 6.86. The van der Waals surface area contributed by atoms with E-state index < -0.39 is 11.8 Å². The van der Waals surface area contributed by atoms with E-state index in [1.807, 2.05) is 30.3 Å². The van der Waals surface area contributed by atoms with Gasteiger partial charge in [-0.05, 0) is 49.2 Å². The summed E-state index contributed by atoms with van der Waals surface area (Å²) in [5, 5.41) is 4.56. The van der Waals surface area contributed by atoms with Crippen molar-refractivity contribution < 1.29 is 13.9 Å². The third-order valence-electron chi connectivity index (χ3n) is 4.03. The molecule has 0 atom stereocenters. The van der Waals surface area contributed by atoms with Crippen molar-refractivity contribution in [2.75, 3.05) is 0 Å². The van der Waals surface area contributed by atoms with Crippen LogP contribution in [0.25, 0.3) is 5.69 Å². The average molecular weight is 401 g/mol. The van der Waals surface area contributed by atoms with Crippen molar-refractivity contribution in [1.29, 1.82) is 0 Å². The number of ether oxygens (including phenoxy) is 1. The quantitative estimate of drug-likeness (QED) is 0.463. The molecule has 0 aliphatic heterocycles. The largest absolute Gasteiger partial charge is 0.419 e. The number of rotatable bonds is 4. The SMILES string of the molecule is O=C(Oc1ccc(Br)cc1F)c1cc(C2CC2)nn1-c1ccccc1. The number of carbonyl (C=O) groups is 1. The van der Waals surface area contributed by atoms with Crippen LogP contribution in [0.2, 0.25) is 0 Å². The van der Waals surface area contributed by atoms with Gasteiger partial charge in [0.05, 0.1) is 11.4 Å². The predicted octanol–water partition coefficient (Wildman–Crippen LogP) is 4.87. The normalized spacial score (nSPS) is 13.7. The van der Waals surface area contributed by atoms with Gasteiger partial charge in [0.1, 0.15) is 0 Å². The van der Waals surface area contributed by atoms with Crippen LogP contribution in [0.4, 0.5) is 4.39 Å². The van der Waals surface area contributed by atoms with E-state index >= 15 is 0 Å². The summed E-state index contributed by atoms with van der Waals surface area (Å²) in [4.78, 5) is 12.6. The number of carbonyl (C=O) groups excluding carboxylic acids is 1. The summed E-state index contributed by atoms with van der Waals surface area (Å²) in [7, 11) is 0. The van der Waals surface area contributed by atoms with Crippen LogP contribution in [-0.4, -0.2) is 15.7 Å². The van der Waals surface area contributed by atoms with E-state index in [2.05, 4.69) is 21.0 Å². The number of halogens is 2. The molecule has 0 spiro atoms. The third kappa shape index (κ3) is 3.35. The molecule has 1 aliphatic rings. The van der Waals surface area contributed by atoms with E-state index in [0.29, 0.717) is 10.4 Å². The molecule has 0 bridgehead atoms. The first-order chi connectivity index (χ1) is 12.1. The van der Waals surface area contributed by atoms with Crippen LogP contribution in [0.3, 0.4) is 0 Å². The highest BCUT2D eigenvalue weighted by molar-refractivity contribution is 9.10. The second kappa shape index (κ2) is 6.44. The van der Waals surface area contributed by atoms with Crippen molar-refractivity contribution in [3.8, 4) is 11.4 Å². The molecule has 25 heavy (non-hydrogen) atoms. The Morgan fingerprint density at radius 1 is 1.16 bits per heavy atom. The van der Waals surface area contributed by atoms with Crippen molar-refractivity contribution in [2.24, 2.45) is 0 Å². The lowest BCUT2D eigenvalue weighted by atomic mass is 10.2. The topological polar surface area (TPSA) is 44.1 Å². The van der Waals surface area contributed by atoms with Gasteiger partial charge >= 0.3 is 5.97 Å². The second-order valence-electron chi connectivity index (χ2n) is 5.94. The molecule has 0 saturated heterocycles. The molecule has 6 heteroatoms. The lowest BCUT2D eigenvalue weighted by Crippen LogP contribution is -2.15. The average Bonchev–Trinajstić information content (AvgIpc) is 3.36. The summed E-state index contributed by atoms with van der Waals surface area (Å²) >= 11 is 3.18. The van der Waals surface area contributed by atoms with Crippen molar-refractivity contribution in [3.63, 3.8) is 0 Å². The maximum Gasteiger partial charge on any atom is 0.362 e. The Morgan fingerprint density at radius 3 is 2.60 bits per heavy atom. The molecule has 1 fully saturated rings. The highest BCUT2D eigenvalue weighted by atomic mass is 79.9. The number of esters is 1. The van der Waals surface area contributed by atoms with Crippen LogP contribution in [-0.2, 0) is 0 Å². The van der Waals surface area contributed by atoms with Gasteiger partial charge in [-0.1, -0.05) is 34.1 Å². The van der Waals surface area contributed by atoms with E-state index in [9.17, 15) is 9.18 Å². The van der Waals surface area contributed by atoms with E-state index in [0.717, 1.165) is 24.2 Å². The van der Waals surface area contributed by atoms with E-state index in [1.54, 1.807) is 16.8 Å². The molecule has 4 rings (SSSR count). The Hall–Kier alpha value is -2.47. The van der Waals surface area contributed by atoms with Crippen LogP contribution in [0.5, 0.6) is 5.75 Å². The maximum absolute atomic E-state index is 14.0. The maximum atomic E-state index is 14.0. The molecule has 4 nitrogen and oxygen atoms in total. The molecular weight excluding hydrogens is 387 g/mol. The third-order valence-corrected chi connectivity index (χ3v) is 4.52. The van der Waals surface area contributed by atoms with Gasteiger partial charge in [-0.3, -0.25) is 0 Å². The van der Waals surface area contributed by atoms with Crippen molar-refractivity contribution >= 4 is 21.9 Å². The van der Waals surface area contributed by atoms with E-state index in [4.69, 9.17) is 4.74 Å². The highest BCUT2D eigenvalue weighted by Crippen LogP contribution is 2.39. The van der Waals surface area contributed by atoms with Gasteiger partial charge in [0.2, 0.25) is 0 Å². The Morgan fingerprint density at radius 2 is 1.92 bits per heavy atom. The zero-order chi connectivity index (χ0) is 17.4. The molecule has 1 aromatic heterocycles. The highest BCUT2D eigenvalue weighted by Gasteiger charge is 2.29. The molecule has 1 heterocycles. The molecule has 2 aromatic carbocycles. The number of hydrogen-bond donors (Lipinski definition) is 0. The van der Waals surface area contributed by atoms with E-state index in [1.165, 1.54) is 12.1 Å². The number of aromatic nitrogens is 2. The van der Waals surface area contributed by atoms with Gasteiger partial charge in [-0.15, -0.1) is 0 Å². The lowest BCUT2D eigenvalue weighted by molar-refractivity contribution is 0.0718. The van der Waals surface area contributed by atoms with Gasteiger partial charge in [0.15, 0.2) is 17.3 Å². The summed E-state index contributed by atoms with van der Waals surface area (Å²) < 4.78 is 21.4. The Labute approximate surface area is 152 Å². The minimum absolute atomic E-state index is 0.109. The number of hydrogen-bond acceptors (Lipinski definition) is 3. The zero-order valence-electron chi connectivity index (χ0n) is 13.2.